The van der Waals surface area contributed by atoms with Gasteiger partial charge in [0.2, 0.25) is 11.8 Å². The molecular formula is C18H31IN8O2. The van der Waals surface area contributed by atoms with Gasteiger partial charge in [-0.3, -0.25) is 24.2 Å². The van der Waals surface area contributed by atoms with Crippen molar-refractivity contribution in [3.8, 4) is 0 Å². The molecule has 0 radical (unpaired) electrons. The molecule has 0 bridgehead atoms. The van der Waals surface area contributed by atoms with Gasteiger partial charge in [-0.1, -0.05) is 0 Å². The van der Waals surface area contributed by atoms with E-state index in [9.17, 15) is 9.59 Å². The van der Waals surface area contributed by atoms with Gasteiger partial charge in [0.15, 0.2) is 5.96 Å². The zero-order valence-electron chi connectivity index (χ0n) is 17.4. The molecular weight excluding hydrogens is 487 g/mol. The summed E-state index contributed by atoms with van der Waals surface area (Å²) in [5.41, 5.74) is 0.833. The Kier molecular flexibility index (Phi) is 8.68. The van der Waals surface area contributed by atoms with E-state index in [1.54, 1.807) is 29.7 Å². The first-order valence-corrected chi connectivity index (χ1v) is 9.70. The molecule has 11 heteroatoms. The predicted octanol–water partition coefficient (Wildman–Crippen LogP) is -0.574. The number of carbonyl (C=O) groups excluding carboxylic acids is 2. The van der Waals surface area contributed by atoms with Gasteiger partial charge in [0.25, 0.3) is 0 Å². The summed E-state index contributed by atoms with van der Waals surface area (Å²) in [5, 5.41) is 7.51. The second kappa shape index (κ2) is 10.8. The maximum absolute atomic E-state index is 12.6. The van der Waals surface area contributed by atoms with E-state index in [1.165, 1.54) is 0 Å². The lowest BCUT2D eigenvalue weighted by Gasteiger charge is -2.36. The standard InChI is InChI=1S/C18H30N8O2.HI/c1-15(27)24-8-6-23(7-9-24)5-4-20-18(19-2)25-10-11-26(17(28)14-25)16-12-21-22(3)13-16;/h12-13H,4-11,14H2,1-3H3,(H,19,20);1H. The second-order valence-corrected chi connectivity index (χ2v) is 7.16. The number of anilines is 1. The number of carbonyl (C=O) groups is 2. The second-order valence-electron chi connectivity index (χ2n) is 7.16. The van der Waals surface area contributed by atoms with Crippen LogP contribution in [0.15, 0.2) is 17.4 Å². The van der Waals surface area contributed by atoms with E-state index in [4.69, 9.17) is 0 Å². The predicted molar refractivity (Wildman–Crippen MR) is 123 cm³/mol. The Morgan fingerprint density at radius 3 is 2.41 bits per heavy atom. The summed E-state index contributed by atoms with van der Waals surface area (Å²) in [6.07, 6.45) is 3.57. The average molecular weight is 518 g/mol. The Bertz CT molecular complexity index is 729. The molecule has 1 N–H and O–H groups in total. The number of halogens is 1. The molecule has 162 valence electrons. The van der Waals surface area contributed by atoms with Crippen LogP contribution in [0.4, 0.5) is 5.69 Å². The van der Waals surface area contributed by atoms with Crippen LogP contribution >= 0.6 is 24.0 Å². The van der Waals surface area contributed by atoms with Crippen molar-refractivity contribution < 1.29 is 9.59 Å². The summed E-state index contributed by atoms with van der Waals surface area (Å²) in [7, 11) is 3.59. The molecule has 2 saturated heterocycles. The van der Waals surface area contributed by atoms with E-state index < -0.39 is 0 Å². The number of nitrogens with one attached hydrogen (secondary N) is 1. The maximum Gasteiger partial charge on any atom is 0.246 e. The largest absolute Gasteiger partial charge is 0.355 e. The molecule has 1 aromatic rings. The lowest BCUT2D eigenvalue weighted by molar-refractivity contribution is -0.130. The summed E-state index contributed by atoms with van der Waals surface area (Å²) >= 11 is 0. The number of aryl methyl sites for hydroxylation is 1. The Morgan fingerprint density at radius 2 is 1.86 bits per heavy atom. The highest BCUT2D eigenvalue weighted by atomic mass is 127. The average Bonchev–Trinajstić information content (AvgIpc) is 3.11. The minimum atomic E-state index is 0. The number of rotatable bonds is 4. The number of aromatic nitrogens is 2. The summed E-state index contributed by atoms with van der Waals surface area (Å²) < 4.78 is 1.70. The highest BCUT2D eigenvalue weighted by Gasteiger charge is 2.27. The van der Waals surface area contributed by atoms with Crippen LogP contribution in [0.2, 0.25) is 0 Å². The summed E-state index contributed by atoms with van der Waals surface area (Å²) in [5.74, 6) is 0.942. The van der Waals surface area contributed by atoms with Gasteiger partial charge < -0.3 is 20.0 Å². The van der Waals surface area contributed by atoms with Crippen molar-refractivity contribution in [1.82, 2.24) is 29.8 Å². The molecule has 0 saturated carbocycles. The van der Waals surface area contributed by atoms with Crippen LogP contribution in [0, 0.1) is 0 Å². The lowest BCUT2D eigenvalue weighted by atomic mass is 10.3. The minimum absolute atomic E-state index is 0. The van der Waals surface area contributed by atoms with Crippen LogP contribution in [0.1, 0.15) is 6.92 Å². The molecule has 29 heavy (non-hydrogen) atoms. The van der Waals surface area contributed by atoms with E-state index >= 15 is 0 Å². The number of hydrogen-bond acceptors (Lipinski definition) is 5. The van der Waals surface area contributed by atoms with Gasteiger partial charge in [0, 0.05) is 79.6 Å². The van der Waals surface area contributed by atoms with Gasteiger partial charge in [-0.15, -0.1) is 24.0 Å². The molecule has 0 aromatic carbocycles. The van der Waals surface area contributed by atoms with E-state index in [0.717, 1.165) is 57.5 Å². The number of amides is 2. The van der Waals surface area contributed by atoms with Gasteiger partial charge in [0.05, 0.1) is 11.9 Å². The molecule has 2 amide bonds. The van der Waals surface area contributed by atoms with E-state index in [2.05, 4.69) is 20.3 Å². The van der Waals surface area contributed by atoms with Gasteiger partial charge in [-0.05, 0) is 0 Å². The van der Waals surface area contributed by atoms with Crippen molar-refractivity contribution in [2.75, 3.05) is 70.9 Å². The van der Waals surface area contributed by atoms with Crippen LogP contribution in [-0.4, -0.2) is 108 Å². The van der Waals surface area contributed by atoms with Gasteiger partial charge in [0.1, 0.15) is 6.54 Å². The normalized spacial score (nSPS) is 18.7. The Labute approximate surface area is 188 Å². The number of aliphatic imine (C=N–C) groups is 1. The lowest BCUT2D eigenvalue weighted by Crippen LogP contribution is -2.56. The monoisotopic (exact) mass is 518 g/mol. The Balaban J connectivity index is 0.00000300. The van der Waals surface area contributed by atoms with Crippen molar-refractivity contribution in [3.63, 3.8) is 0 Å². The topological polar surface area (TPSA) is 89.3 Å². The molecule has 0 aliphatic carbocycles. The molecule has 2 aliphatic rings. The first-order chi connectivity index (χ1) is 13.5. The van der Waals surface area contributed by atoms with Gasteiger partial charge in [-0.2, -0.15) is 5.10 Å². The molecule has 0 unspecified atom stereocenters. The third-order valence-corrected chi connectivity index (χ3v) is 5.26. The molecule has 10 nitrogen and oxygen atoms in total. The highest BCUT2D eigenvalue weighted by Crippen LogP contribution is 2.16. The summed E-state index contributed by atoms with van der Waals surface area (Å²) in [6, 6.07) is 0. The maximum atomic E-state index is 12.6. The Morgan fingerprint density at radius 1 is 1.17 bits per heavy atom. The molecule has 3 rings (SSSR count). The molecule has 0 spiro atoms. The molecule has 2 aliphatic heterocycles. The number of nitrogens with zero attached hydrogens (tertiary/aromatic N) is 7. The first kappa shape index (κ1) is 23.4. The first-order valence-electron chi connectivity index (χ1n) is 9.70. The summed E-state index contributed by atoms with van der Waals surface area (Å²) in [6.45, 7) is 8.24. The zero-order chi connectivity index (χ0) is 20.1. The van der Waals surface area contributed by atoms with Crippen LogP contribution in [0.3, 0.4) is 0 Å². The van der Waals surface area contributed by atoms with Crippen LogP contribution in [-0.2, 0) is 16.6 Å². The fourth-order valence-electron chi connectivity index (χ4n) is 3.62. The number of hydrogen-bond donors (Lipinski definition) is 1. The quantitative estimate of drug-likeness (QED) is 0.326. The zero-order valence-corrected chi connectivity index (χ0v) is 19.7. The summed E-state index contributed by atoms with van der Waals surface area (Å²) in [4.78, 5) is 36.3. The van der Waals surface area contributed by atoms with Crippen molar-refractivity contribution >= 4 is 47.4 Å². The number of piperazine rings is 2. The van der Waals surface area contributed by atoms with Gasteiger partial charge in [-0.25, -0.2) is 0 Å². The Hall–Kier alpha value is -1.89. The SMILES string of the molecule is CN=C(NCCN1CCN(C(C)=O)CC1)N1CCN(c2cnn(C)c2)C(=O)C1.I. The van der Waals surface area contributed by atoms with Crippen molar-refractivity contribution in [2.45, 2.75) is 6.92 Å². The van der Waals surface area contributed by atoms with Crippen molar-refractivity contribution in [3.05, 3.63) is 12.4 Å². The van der Waals surface area contributed by atoms with Crippen molar-refractivity contribution in [1.29, 1.82) is 0 Å². The molecule has 2 fully saturated rings. The van der Waals surface area contributed by atoms with E-state index in [-0.39, 0.29) is 35.8 Å². The van der Waals surface area contributed by atoms with Crippen LogP contribution in [0.5, 0.6) is 0 Å². The fourth-order valence-corrected chi connectivity index (χ4v) is 3.62. The molecule has 0 atom stereocenters. The van der Waals surface area contributed by atoms with Crippen molar-refractivity contribution in [2.24, 2.45) is 12.0 Å². The third kappa shape index (κ3) is 6.04. The van der Waals surface area contributed by atoms with Crippen LogP contribution in [0.25, 0.3) is 0 Å². The van der Waals surface area contributed by atoms with E-state index in [1.807, 2.05) is 23.0 Å². The number of guanidine groups is 1. The smallest absolute Gasteiger partial charge is 0.246 e. The molecule has 3 heterocycles. The van der Waals surface area contributed by atoms with Crippen LogP contribution < -0.4 is 10.2 Å². The minimum Gasteiger partial charge on any atom is -0.355 e. The van der Waals surface area contributed by atoms with E-state index in [0.29, 0.717) is 13.1 Å². The fraction of sp³-hybridized carbons (Fsp3) is 0.667. The highest BCUT2D eigenvalue weighted by molar-refractivity contribution is 14.0. The van der Waals surface area contributed by atoms with Gasteiger partial charge >= 0.3 is 0 Å². The third-order valence-electron chi connectivity index (χ3n) is 5.26. The molecule has 1 aromatic heterocycles.